The van der Waals surface area contributed by atoms with Gasteiger partial charge in [-0.15, -0.1) is 0 Å². The predicted octanol–water partition coefficient (Wildman–Crippen LogP) is 3.33. The number of aliphatic imine (C=N–C) groups is 1. The highest BCUT2D eigenvalue weighted by molar-refractivity contribution is 5.98. The summed E-state index contributed by atoms with van der Waals surface area (Å²) in [6.07, 6.45) is 0. The monoisotopic (exact) mass is 262 g/mol. The molecule has 0 heterocycles. The molecule has 0 atom stereocenters. The van der Waals surface area contributed by atoms with E-state index in [-0.39, 0.29) is 5.75 Å². The Morgan fingerprint density at radius 3 is 2.21 bits per heavy atom. The van der Waals surface area contributed by atoms with Crippen LogP contribution in [0.5, 0.6) is 5.75 Å². The number of amidine groups is 1. The zero-order chi connectivity index (χ0) is 13.7. The van der Waals surface area contributed by atoms with Crippen molar-refractivity contribution in [2.24, 2.45) is 10.7 Å². The van der Waals surface area contributed by atoms with E-state index in [0.29, 0.717) is 11.5 Å². The molecule has 3 nitrogen and oxygen atoms in total. The summed E-state index contributed by atoms with van der Waals surface area (Å²) in [5.41, 5.74) is 7.22. The molecular weight excluding hydrogens is 250 g/mol. The molecule has 0 aromatic heterocycles. The molecule has 98 valence electrons. The minimum atomic E-state index is -2.83. The molecule has 0 radical (unpaired) electrons. The lowest BCUT2D eigenvalue weighted by atomic mass is 10.2. The molecule has 0 fully saturated rings. The van der Waals surface area contributed by atoms with Crippen molar-refractivity contribution in [1.29, 1.82) is 0 Å². The van der Waals surface area contributed by atoms with Crippen molar-refractivity contribution in [3.63, 3.8) is 0 Å². The molecule has 0 aliphatic heterocycles. The van der Waals surface area contributed by atoms with E-state index < -0.39 is 6.61 Å². The summed E-state index contributed by atoms with van der Waals surface area (Å²) in [7, 11) is 0. The van der Waals surface area contributed by atoms with Crippen molar-refractivity contribution in [3.8, 4) is 5.75 Å². The fourth-order valence-electron chi connectivity index (χ4n) is 1.51. The minimum Gasteiger partial charge on any atom is -0.435 e. The maximum absolute atomic E-state index is 12.0. The molecule has 2 aromatic rings. The molecule has 2 N–H and O–H groups in total. The Kier molecular flexibility index (Phi) is 4.07. The van der Waals surface area contributed by atoms with Crippen LogP contribution in [0.2, 0.25) is 0 Å². The van der Waals surface area contributed by atoms with E-state index >= 15 is 0 Å². The third kappa shape index (κ3) is 3.77. The second-order valence-electron chi connectivity index (χ2n) is 3.74. The van der Waals surface area contributed by atoms with Crippen molar-refractivity contribution in [1.82, 2.24) is 0 Å². The average Bonchev–Trinajstić information content (AvgIpc) is 2.41. The van der Waals surface area contributed by atoms with Crippen LogP contribution in [0.3, 0.4) is 0 Å². The third-order valence-electron chi connectivity index (χ3n) is 2.38. The molecule has 0 spiro atoms. The number of rotatable bonds is 4. The topological polar surface area (TPSA) is 47.6 Å². The second-order valence-corrected chi connectivity index (χ2v) is 3.74. The zero-order valence-electron chi connectivity index (χ0n) is 9.96. The lowest BCUT2D eigenvalue weighted by molar-refractivity contribution is -0.0498. The van der Waals surface area contributed by atoms with E-state index in [4.69, 9.17) is 5.73 Å². The number of halogens is 2. The van der Waals surface area contributed by atoms with Gasteiger partial charge < -0.3 is 10.5 Å². The number of ether oxygens (including phenoxy) is 1. The summed E-state index contributed by atoms with van der Waals surface area (Å²) < 4.78 is 28.2. The fraction of sp³-hybridized carbons (Fsp3) is 0.0714. The van der Waals surface area contributed by atoms with Gasteiger partial charge in [-0.1, -0.05) is 30.3 Å². The van der Waals surface area contributed by atoms with Gasteiger partial charge >= 0.3 is 6.61 Å². The van der Waals surface area contributed by atoms with Gasteiger partial charge in [-0.25, -0.2) is 4.99 Å². The summed E-state index contributed by atoms with van der Waals surface area (Å²) in [6, 6.07) is 15.2. The molecule has 0 aliphatic carbocycles. The van der Waals surface area contributed by atoms with Gasteiger partial charge in [-0.05, 0) is 24.3 Å². The molecule has 0 amide bonds. The predicted molar refractivity (Wildman–Crippen MR) is 69.9 cm³/mol. The quantitative estimate of drug-likeness (QED) is 0.678. The van der Waals surface area contributed by atoms with Crippen LogP contribution in [0.4, 0.5) is 14.5 Å². The van der Waals surface area contributed by atoms with E-state index in [9.17, 15) is 8.78 Å². The van der Waals surface area contributed by atoms with E-state index in [1.807, 2.05) is 30.3 Å². The van der Waals surface area contributed by atoms with Gasteiger partial charge in [0.05, 0.1) is 5.69 Å². The van der Waals surface area contributed by atoms with Gasteiger partial charge in [-0.3, -0.25) is 0 Å². The summed E-state index contributed by atoms with van der Waals surface area (Å²) in [5, 5.41) is 0. The van der Waals surface area contributed by atoms with Crippen LogP contribution in [0.1, 0.15) is 5.56 Å². The maximum Gasteiger partial charge on any atom is 0.387 e. The van der Waals surface area contributed by atoms with Crippen molar-refractivity contribution >= 4 is 11.5 Å². The Labute approximate surface area is 109 Å². The van der Waals surface area contributed by atoms with E-state index in [0.717, 1.165) is 5.56 Å². The Morgan fingerprint density at radius 1 is 1.00 bits per heavy atom. The van der Waals surface area contributed by atoms with Gasteiger partial charge in [0.2, 0.25) is 0 Å². The van der Waals surface area contributed by atoms with Crippen LogP contribution < -0.4 is 10.5 Å². The highest BCUT2D eigenvalue weighted by Crippen LogP contribution is 2.20. The second kappa shape index (κ2) is 5.95. The lowest BCUT2D eigenvalue weighted by Gasteiger charge is -2.04. The molecule has 2 aromatic carbocycles. The zero-order valence-corrected chi connectivity index (χ0v) is 9.96. The van der Waals surface area contributed by atoms with E-state index in [1.165, 1.54) is 12.1 Å². The van der Waals surface area contributed by atoms with Crippen molar-refractivity contribution in [2.45, 2.75) is 6.61 Å². The minimum absolute atomic E-state index is 0.0900. The number of hydrogen-bond acceptors (Lipinski definition) is 2. The number of nitrogens with zero attached hydrogens (tertiary/aromatic N) is 1. The fourth-order valence-corrected chi connectivity index (χ4v) is 1.51. The number of hydrogen-bond donors (Lipinski definition) is 1. The van der Waals surface area contributed by atoms with Crippen LogP contribution in [-0.2, 0) is 0 Å². The van der Waals surface area contributed by atoms with Crippen LogP contribution in [0.15, 0.2) is 59.6 Å². The molecule has 0 saturated carbocycles. The van der Waals surface area contributed by atoms with Gasteiger partial charge in [0.25, 0.3) is 0 Å². The molecular formula is C14H12F2N2O. The first kappa shape index (κ1) is 13.0. The van der Waals surface area contributed by atoms with Crippen LogP contribution >= 0.6 is 0 Å². The van der Waals surface area contributed by atoms with Crippen LogP contribution in [0, 0.1) is 0 Å². The first-order chi connectivity index (χ1) is 9.15. The Bertz CT molecular complexity index is 553. The van der Waals surface area contributed by atoms with Crippen molar-refractivity contribution < 1.29 is 13.5 Å². The summed E-state index contributed by atoms with van der Waals surface area (Å²) >= 11 is 0. The first-order valence-corrected chi connectivity index (χ1v) is 5.59. The SMILES string of the molecule is NC(=Nc1ccc(OC(F)F)cc1)c1ccccc1. The van der Waals surface area contributed by atoms with E-state index in [1.54, 1.807) is 12.1 Å². The summed E-state index contributed by atoms with van der Waals surface area (Å²) in [5.74, 6) is 0.454. The molecule has 0 bridgehead atoms. The van der Waals surface area contributed by atoms with Crippen molar-refractivity contribution in [3.05, 3.63) is 60.2 Å². The highest BCUT2D eigenvalue weighted by Gasteiger charge is 2.03. The average molecular weight is 262 g/mol. The molecule has 19 heavy (non-hydrogen) atoms. The smallest absolute Gasteiger partial charge is 0.387 e. The van der Waals surface area contributed by atoms with Crippen LogP contribution in [-0.4, -0.2) is 12.4 Å². The van der Waals surface area contributed by atoms with Crippen molar-refractivity contribution in [2.75, 3.05) is 0 Å². The lowest BCUT2D eigenvalue weighted by Crippen LogP contribution is -2.12. The normalized spacial score (nSPS) is 11.6. The molecule has 2 rings (SSSR count). The largest absolute Gasteiger partial charge is 0.435 e. The molecule has 0 aliphatic rings. The molecule has 0 saturated heterocycles. The van der Waals surface area contributed by atoms with Gasteiger partial charge in [-0.2, -0.15) is 8.78 Å². The standard InChI is InChI=1S/C14H12F2N2O/c15-14(16)19-12-8-6-11(7-9-12)18-13(17)10-4-2-1-3-5-10/h1-9,14H,(H2,17,18). The van der Waals surface area contributed by atoms with Crippen LogP contribution in [0.25, 0.3) is 0 Å². The summed E-state index contributed by atoms with van der Waals surface area (Å²) in [4.78, 5) is 4.20. The number of nitrogens with two attached hydrogens (primary N) is 1. The Balaban J connectivity index is 2.15. The summed E-state index contributed by atoms with van der Waals surface area (Å²) in [6.45, 7) is -2.83. The Morgan fingerprint density at radius 2 is 1.63 bits per heavy atom. The Hall–Kier alpha value is -2.43. The number of benzene rings is 2. The van der Waals surface area contributed by atoms with Gasteiger partial charge in [0, 0.05) is 5.56 Å². The first-order valence-electron chi connectivity index (χ1n) is 5.59. The van der Waals surface area contributed by atoms with E-state index in [2.05, 4.69) is 9.73 Å². The molecule has 0 unspecified atom stereocenters. The number of alkyl halides is 2. The van der Waals surface area contributed by atoms with Gasteiger partial charge in [0.1, 0.15) is 11.6 Å². The molecule has 5 heteroatoms. The maximum atomic E-state index is 12.0. The third-order valence-corrected chi connectivity index (χ3v) is 2.38. The highest BCUT2D eigenvalue weighted by atomic mass is 19.3. The van der Waals surface area contributed by atoms with Gasteiger partial charge in [0.15, 0.2) is 0 Å².